The summed E-state index contributed by atoms with van der Waals surface area (Å²) < 4.78 is 6.06. The summed E-state index contributed by atoms with van der Waals surface area (Å²) >= 11 is 3.79. The molecule has 0 saturated carbocycles. The molecule has 1 unspecified atom stereocenters. The van der Waals surface area contributed by atoms with Crippen molar-refractivity contribution in [2.75, 3.05) is 18.8 Å². The van der Waals surface area contributed by atoms with Gasteiger partial charge in [0.1, 0.15) is 11.5 Å². The van der Waals surface area contributed by atoms with Crippen LogP contribution in [0.25, 0.3) is 0 Å². The number of amides is 1. The lowest BCUT2D eigenvalue weighted by atomic mass is 9.86. The summed E-state index contributed by atoms with van der Waals surface area (Å²) in [5, 5.41) is 2.63. The molecule has 0 N–H and O–H groups in total. The van der Waals surface area contributed by atoms with Crippen molar-refractivity contribution in [1.82, 2.24) is 4.90 Å². The maximum Gasteiger partial charge on any atom is 0.234 e. The molecule has 3 aromatic rings. The summed E-state index contributed by atoms with van der Waals surface area (Å²) in [6.45, 7) is 1.60. The fourth-order valence-electron chi connectivity index (χ4n) is 4.05. The molecule has 3 heterocycles. The van der Waals surface area contributed by atoms with Crippen LogP contribution in [0.1, 0.15) is 33.6 Å². The maximum absolute atomic E-state index is 13.7. The molecule has 0 spiro atoms. The van der Waals surface area contributed by atoms with Gasteiger partial charge in [0.15, 0.2) is 0 Å². The average molecular weight is 408 g/mol. The van der Waals surface area contributed by atoms with Crippen LogP contribution in [0.5, 0.6) is 11.5 Å². The Morgan fingerprint density at radius 1 is 0.929 bits per heavy atom. The van der Waals surface area contributed by atoms with Gasteiger partial charge in [-0.05, 0) is 30.0 Å². The zero-order chi connectivity index (χ0) is 18.9. The van der Waals surface area contributed by atoms with Crippen molar-refractivity contribution in [2.24, 2.45) is 0 Å². The molecule has 2 aliphatic rings. The van der Waals surface area contributed by atoms with E-state index in [2.05, 4.69) is 22.4 Å². The maximum atomic E-state index is 13.7. The summed E-state index contributed by atoms with van der Waals surface area (Å²) in [4.78, 5) is 17.2. The minimum absolute atomic E-state index is 0.190. The van der Waals surface area contributed by atoms with Gasteiger partial charge in [0, 0.05) is 40.1 Å². The molecule has 142 valence electrons. The number of carbonyl (C=O) groups excluding carboxylic acids is 1. The predicted molar refractivity (Wildman–Crippen MR) is 116 cm³/mol. The second-order valence-electron chi connectivity index (χ2n) is 7.10. The van der Waals surface area contributed by atoms with Crippen molar-refractivity contribution in [1.29, 1.82) is 0 Å². The van der Waals surface area contributed by atoms with Gasteiger partial charge in [-0.2, -0.15) is 11.8 Å². The summed E-state index contributed by atoms with van der Waals surface area (Å²) in [6.07, 6.45) is 1.00. The van der Waals surface area contributed by atoms with Crippen molar-refractivity contribution in [3.8, 4) is 11.5 Å². The second kappa shape index (κ2) is 7.64. The molecule has 5 rings (SSSR count). The Labute approximate surface area is 173 Å². The lowest BCUT2D eigenvalue weighted by molar-refractivity contribution is -0.131. The number of ether oxygens (including phenoxy) is 1. The van der Waals surface area contributed by atoms with Crippen molar-refractivity contribution >= 4 is 29.0 Å². The standard InChI is InChI=1S/C23H21NO2S2/c25-23(24-12-11-21(28-15-13-24)20-10-5-14-27-20)22-16-6-1-3-8-18(16)26-19-9-4-2-7-17(19)22/h1-10,14,21-22H,11-13,15H2. The third-order valence-corrected chi connectivity index (χ3v) is 7.89. The summed E-state index contributed by atoms with van der Waals surface area (Å²) in [6, 6.07) is 20.2. The first-order chi connectivity index (χ1) is 13.8. The lowest BCUT2D eigenvalue weighted by Crippen LogP contribution is -2.38. The van der Waals surface area contributed by atoms with Crippen LogP contribution in [0, 0.1) is 0 Å². The average Bonchev–Trinajstić information content (AvgIpc) is 3.16. The number of fused-ring (bicyclic) bond motifs is 2. The molecule has 2 aliphatic heterocycles. The number of carbonyl (C=O) groups is 1. The zero-order valence-corrected chi connectivity index (χ0v) is 17.0. The molecular formula is C23H21NO2S2. The van der Waals surface area contributed by atoms with Crippen LogP contribution in [0.4, 0.5) is 0 Å². The number of hydrogen-bond donors (Lipinski definition) is 0. The van der Waals surface area contributed by atoms with Crippen LogP contribution < -0.4 is 4.74 Å². The first-order valence-corrected chi connectivity index (χ1v) is 11.5. The van der Waals surface area contributed by atoms with E-state index < -0.39 is 0 Å². The first-order valence-electron chi connectivity index (χ1n) is 9.61. The van der Waals surface area contributed by atoms with Gasteiger partial charge in [0.05, 0.1) is 5.92 Å². The highest BCUT2D eigenvalue weighted by Crippen LogP contribution is 2.45. The monoisotopic (exact) mass is 407 g/mol. The number of para-hydroxylation sites is 2. The van der Waals surface area contributed by atoms with Crippen LogP contribution in [0.3, 0.4) is 0 Å². The molecule has 5 heteroatoms. The normalized spacial score (nSPS) is 19.3. The molecule has 28 heavy (non-hydrogen) atoms. The Balaban J connectivity index is 1.44. The number of thioether (sulfide) groups is 1. The van der Waals surface area contributed by atoms with Crippen LogP contribution in [-0.2, 0) is 4.79 Å². The Bertz CT molecular complexity index is 940. The van der Waals surface area contributed by atoms with Crippen LogP contribution >= 0.6 is 23.1 Å². The van der Waals surface area contributed by atoms with E-state index >= 15 is 0 Å². The Morgan fingerprint density at radius 2 is 1.64 bits per heavy atom. The van der Waals surface area contributed by atoms with Gasteiger partial charge in [-0.1, -0.05) is 42.5 Å². The van der Waals surface area contributed by atoms with E-state index in [4.69, 9.17) is 4.74 Å². The molecule has 1 amide bonds. The lowest BCUT2D eigenvalue weighted by Gasteiger charge is -2.31. The second-order valence-corrected chi connectivity index (χ2v) is 9.39. The molecule has 0 bridgehead atoms. The molecular weight excluding hydrogens is 386 g/mol. The van der Waals surface area contributed by atoms with Crippen molar-refractivity contribution in [3.05, 3.63) is 82.0 Å². The SMILES string of the molecule is O=C(C1c2ccccc2Oc2ccccc21)N1CCSC(c2cccs2)CC1. The largest absolute Gasteiger partial charge is 0.457 e. The Kier molecular flexibility index (Phi) is 4.87. The fraction of sp³-hybridized carbons (Fsp3) is 0.261. The van der Waals surface area contributed by atoms with E-state index in [1.165, 1.54) is 4.88 Å². The molecule has 2 aromatic carbocycles. The van der Waals surface area contributed by atoms with E-state index in [-0.39, 0.29) is 11.8 Å². The van der Waals surface area contributed by atoms with Gasteiger partial charge in [0.25, 0.3) is 0 Å². The third-order valence-electron chi connectivity index (χ3n) is 5.44. The Morgan fingerprint density at radius 3 is 2.32 bits per heavy atom. The van der Waals surface area contributed by atoms with E-state index in [9.17, 15) is 4.79 Å². The third kappa shape index (κ3) is 3.23. The van der Waals surface area contributed by atoms with E-state index in [1.54, 1.807) is 0 Å². The highest BCUT2D eigenvalue weighted by Gasteiger charge is 2.35. The molecule has 3 nitrogen and oxygen atoms in total. The quantitative estimate of drug-likeness (QED) is 0.546. The summed E-state index contributed by atoms with van der Waals surface area (Å²) in [5.74, 6) is 2.46. The summed E-state index contributed by atoms with van der Waals surface area (Å²) in [5.41, 5.74) is 1.94. The Hall–Kier alpha value is -2.24. The van der Waals surface area contributed by atoms with Crippen molar-refractivity contribution < 1.29 is 9.53 Å². The minimum atomic E-state index is -0.288. The number of nitrogens with zero attached hydrogens (tertiary/aromatic N) is 1. The molecule has 0 radical (unpaired) electrons. The number of hydrogen-bond acceptors (Lipinski definition) is 4. The minimum Gasteiger partial charge on any atom is -0.457 e. The molecule has 1 atom stereocenters. The molecule has 0 aliphatic carbocycles. The summed E-state index contributed by atoms with van der Waals surface area (Å²) in [7, 11) is 0. The molecule has 1 aromatic heterocycles. The van der Waals surface area contributed by atoms with Crippen LogP contribution in [-0.4, -0.2) is 29.6 Å². The van der Waals surface area contributed by atoms with E-state index in [1.807, 2.05) is 71.6 Å². The smallest absolute Gasteiger partial charge is 0.234 e. The highest BCUT2D eigenvalue weighted by atomic mass is 32.2. The number of rotatable bonds is 2. The van der Waals surface area contributed by atoms with Gasteiger partial charge >= 0.3 is 0 Å². The van der Waals surface area contributed by atoms with E-state index in [0.29, 0.717) is 5.25 Å². The van der Waals surface area contributed by atoms with Gasteiger partial charge in [-0.3, -0.25) is 4.79 Å². The van der Waals surface area contributed by atoms with Crippen molar-refractivity contribution in [2.45, 2.75) is 17.6 Å². The predicted octanol–water partition coefficient (Wildman–Crippen LogP) is 5.69. The van der Waals surface area contributed by atoms with Gasteiger partial charge in [-0.15, -0.1) is 11.3 Å². The van der Waals surface area contributed by atoms with Gasteiger partial charge in [0.2, 0.25) is 5.91 Å². The van der Waals surface area contributed by atoms with Crippen LogP contribution in [0.2, 0.25) is 0 Å². The first kappa shape index (κ1) is 17.8. The zero-order valence-electron chi connectivity index (χ0n) is 15.4. The van der Waals surface area contributed by atoms with Gasteiger partial charge < -0.3 is 9.64 Å². The fourth-order valence-corrected chi connectivity index (χ4v) is 6.29. The van der Waals surface area contributed by atoms with Crippen LogP contribution in [0.15, 0.2) is 66.0 Å². The molecule has 1 saturated heterocycles. The topological polar surface area (TPSA) is 29.5 Å². The van der Waals surface area contributed by atoms with Gasteiger partial charge in [-0.25, -0.2) is 0 Å². The highest BCUT2D eigenvalue weighted by molar-refractivity contribution is 7.99. The number of benzene rings is 2. The van der Waals surface area contributed by atoms with E-state index in [0.717, 1.165) is 47.9 Å². The number of thiophene rings is 1. The molecule has 1 fully saturated rings. The van der Waals surface area contributed by atoms with Crippen molar-refractivity contribution in [3.63, 3.8) is 0 Å².